The van der Waals surface area contributed by atoms with E-state index >= 15 is 0 Å². The summed E-state index contributed by atoms with van der Waals surface area (Å²) in [4.78, 5) is 22.3. The van der Waals surface area contributed by atoms with Gasteiger partial charge >= 0.3 is 0 Å². The van der Waals surface area contributed by atoms with E-state index in [0.29, 0.717) is 21.3 Å². The van der Waals surface area contributed by atoms with Crippen LogP contribution >= 0.6 is 27.3 Å². The minimum absolute atomic E-state index is 0.00651. The number of non-ortho nitro benzene ring substituents is 1. The molecule has 0 saturated carbocycles. The maximum absolute atomic E-state index is 12.1. The molecular weight excluding hydrogens is 396 g/mol. The molecule has 0 aliphatic heterocycles. The Morgan fingerprint density at radius 2 is 1.75 bits per heavy atom. The van der Waals surface area contributed by atoms with Crippen molar-refractivity contribution in [2.75, 3.05) is 5.32 Å². The van der Waals surface area contributed by atoms with Crippen LogP contribution in [0.25, 0.3) is 10.6 Å². The Hall–Kier alpha value is -2.65. The highest BCUT2D eigenvalue weighted by atomic mass is 79.9. The number of hydrogen-bond acceptors (Lipinski definition) is 6. The number of anilines is 1. The van der Waals surface area contributed by atoms with E-state index in [9.17, 15) is 14.9 Å². The predicted octanol–water partition coefficient (Wildman–Crippen LogP) is 4.13. The Labute approximate surface area is 148 Å². The highest BCUT2D eigenvalue weighted by Gasteiger charge is 2.12. The van der Waals surface area contributed by atoms with Gasteiger partial charge in [0.05, 0.1) is 4.92 Å². The lowest BCUT2D eigenvalue weighted by Gasteiger charge is -2.00. The van der Waals surface area contributed by atoms with Crippen LogP contribution in [0.1, 0.15) is 10.4 Å². The topological polar surface area (TPSA) is 98.0 Å². The summed E-state index contributed by atoms with van der Waals surface area (Å²) >= 11 is 4.50. The van der Waals surface area contributed by atoms with Crippen LogP contribution in [0.2, 0.25) is 0 Å². The van der Waals surface area contributed by atoms with Gasteiger partial charge in [0.2, 0.25) is 5.13 Å². The molecule has 0 spiro atoms. The van der Waals surface area contributed by atoms with Gasteiger partial charge in [0.15, 0.2) is 0 Å². The number of nitro benzene ring substituents is 1. The van der Waals surface area contributed by atoms with E-state index in [4.69, 9.17) is 0 Å². The van der Waals surface area contributed by atoms with Crippen molar-refractivity contribution >= 4 is 44.0 Å². The first-order chi connectivity index (χ1) is 11.5. The van der Waals surface area contributed by atoms with Crippen LogP contribution in [0.4, 0.5) is 10.8 Å². The lowest BCUT2D eigenvalue weighted by molar-refractivity contribution is -0.384. The van der Waals surface area contributed by atoms with Gasteiger partial charge in [-0.15, -0.1) is 10.2 Å². The zero-order valence-corrected chi connectivity index (χ0v) is 14.4. The van der Waals surface area contributed by atoms with Gasteiger partial charge < -0.3 is 0 Å². The van der Waals surface area contributed by atoms with Crippen LogP contribution in [0.15, 0.2) is 53.0 Å². The summed E-state index contributed by atoms with van der Waals surface area (Å²) in [5, 5.41) is 22.2. The van der Waals surface area contributed by atoms with Crippen LogP contribution in [-0.4, -0.2) is 21.0 Å². The van der Waals surface area contributed by atoms with Crippen molar-refractivity contribution in [3.05, 3.63) is 68.7 Å². The number of nitro groups is 1. The normalized spacial score (nSPS) is 10.4. The van der Waals surface area contributed by atoms with Crippen LogP contribution in [-0.2, 0) is 0 Å². The van der Waals surface area contributed by atoms with Crippen LogP contribution in [0, 0.1) is 10.1 Å². The molecule has 3 aromatic rings. The van der Waals surface area contributed by atoms with E-state index in [2.05, 4.69) is 31.4 Å². The predicted molar refractivity (Wildman–Crippen MR) is 94.1 cm³/mol. The molecule has 0 bridgehead atoms. The summed E-state index contributed by atoms with van der Waals surface area (Å²) in [6.07, 6.45) is 0. The van der Waals surface area contributed by atoms with E-state index in [-0.39, 0.29) is 11.6 Å². The Bertz CT molecular complexity index is 894. The number of amides is 1. The highest BCUT2D eigenvalue weighted by molar-refractivity contribution is 9.10. The second-order valence-corrected chi connectivity index (χ2v) is 6.57. The summed E-state index contributed by atoms with van der Waals surface area (Å²) < 4.78 is 0.885. The molecule has 0 fully saturated rings. The second kappa shape index (κ2) is 6.85. The van der Waals surface area contributed by atoms with Gasteiger partial charge in [0.25, 0.3) is 11.6 Å². The van der Waals surface area contributed by atoms with Gasteiger partial charge in [-0.3, -0.25) is 20.2 Å². The molecule has 1 heterocycles. The van der Waals surface area contributed by atoms with Crippen LogP contribution < -0.4 is 5.32 Å². The van der Waals surface area contributed by atoms with E-state index in [1.54, 1.807) is 36.4 Å². The maximum atomic E-state index is 12.1. The lowest BCUT2D eigenvalue weighted by atomic mass is 10.2. The van der Waals surface area contributed by atoms with Gasteiger partial charge in [0, 0.05) is 27.7 Å². The minimum Gasteiger partial charge on any atom is -0.296 e. The molecule has 1 aromatic heterocycles. The first-order valence-corrected chi connectivity index (χ1v) is 8.29. The standard InChI is InChI=1S/C15H9BrN4O3S/c16-11-5-1-9(2-6-11)13(21)17-15-19-18-14(24-15)10-3-7-12(8-4-10)20(22)23/h1-8H,(H,17,19,21). The molecule has 120 valence electrons. The van der Waals surface area contributed by atoms with Crippen molar-refractivity contribution in [1.29, 1.82) is 0 Å². The van der Waals surface area contributed by atoms with Crippen molar-refractivity contribution in [2.45, 2.75) is 0 Å². The molecule has 0 aliphatic carbocycles. The fourth-order valence-electron chi connectivity index (χ4n) is 1.89. The molecule has 3 rings (SSSR count). The number of nitrogens with zero attached hydrogens (tertiary/aromatic N) is 3. The zero-order chi connectivity index (χ0) is 17.1. The lowest BCUT2D eigenvalue weighted by Crippen LogP contribution is -2.11. The summed E-state index contributed by atoms with van der Waals surface area (Å²) in [6, 6.07) is 12.9. The fourth-order valence-corrected chi connectivity index (χ4v) is 2.90. The van der Waals surface area contributed by atoms with Gasteiger partial charge in [-0.1, -0.05) is 27.3 Å². The second-order valence-electron chi connectivity index (χ2n) is 4.68. The molecule has 0 aliphatic rings. The summed E-state index contributed by atoms with van der Waals surface area (Å²) in [6.45, 7) is 0. The molecular formula is C15H9BrN4O3S. The van der Waals surface area contributed by atoms with Gasteiger partial charge in [-0.05, 0) is 36.4 Å². The van der Waals surface area contributed by atoms with Crippen LogP contribution in [0.3, 0.4) is 0 Å². The van der Waals surface area contributed by atoms with Crippen molar-refractivity contribution in [3.63, 3.8) is 0 Å². The third-order valence-electron chi connectivity index (χ3n) is 3.08. The summed E-state index contributed by atoms with van der Waals surface area (Å²) in [7, 11) is 0. The summed E-state index contributed by atoms with van der Waals surface area (Å²) in [5.74, 6) is -0.283. The van der Waals surface area contributed by atoms with Crippen molar-refractivity contribution in [1.82, 2.24) is 10.2 Å². The molecule has 1 amide bonds. The number of nitrogens with one attached hydrogen (secondary N) is 1. The van der Waals surface area contributed by atoms with Crippen molar-refractivity contribution in [3.8, 4) is 10.6 Å². The third-order valence-corrected chi connectivity index (χ3v) is 4.49. The first-order valence-electron chi connectivity index (χ1n) is 6.68. The molecule has 0 unspecified atom stereocenters. The quantitative estimate of drug-likeness (QED) is 0.520. The Balaban J connectivity index is 1.74. The molecule has 24 heavy (non-hydrogen) atoms. The van der Waals surface area contributed by atoms with Crippen molar-refractivity contribution < 1.29 is 9.72 Å². The highest BCUT2D eigenvalue weighted by Crippen LogP contribution is 2.28. The molecule has 1 N–H and O–H groups in total. The minimum atomic E-state index is -0.465. The fraction of sp³-hybridized carbons (Fsp3) is 0. The third kappa shape index (κ3) is 3.63. The van der Waals surface area contributed by atoms with Crippen molar-refractivity contribution in [2.24, 2.45) is 0 Å². The number of rotatable bonds is 4. The van der Waals surface area contributed by atoms with E-state index in [1.165, 1.54) is 23.5 Å². The number of aromatic nitrogens is 2. The number of benzene rings is 2. The smallest absolute Gasteiger partial charge is 0.269 e. The number of carbonyl (C=O) groups excluding carboxylic acids is 1. The zero-order valence-electron chi connectivity index (χ0n) is 12.0. The monoisotopic (exact) mass is 404 g/mol. The van der Waals surface area contributed by atoms with E-state index < -0.39 is 4.92 Å². The Kier molecular flexibility index (Phi) is 4.63. The molecule has 0 radical (unpaired) electrons. The van der Waals surface area contributed by atoms with E-state index in [1.807, 2.05) is 0 Å². The number of hydrogen-bond donors (Lipinski definition) is 1. The average Bonchev–Trinajstić information content (AvgIpc) is 3.04. The molecule has 0 saturated heterocycles. The van der Waals surface area contributed by atoms with Crippen LogP contribution in [0.5, 0.6) is 0 Å². The average molecular weight is 405 g/mol. The molecule has 9 heteroatoms. The summed E-state index contributed by atoms with van der Waals surface area (Å²) in [5.41, 5.74) is 1.21. The number of halogens is 1. The van der Waals surface area contributed by atoms with Gasteiger partial charge in [-0.25, -0.2) is 0 Å². The number of carbonyl (C=O) groups is 1. The first kappa shape index (κ1) is 16.2. The van der Waals surface area contributed by atoms with Gasteiger partial charge in [-0.2, -0.15) is 0 Å². The maximum Gasteiger partial charge on any atom is 0.269 e. The molecule has 0 atom stereocenters. The SMILES string of the molecule is O=C(Nc1nnc(-c2ccc([N+](=O)[O-])cc2)s1)c1ccc(Br)cc1. The Morgan fingerprint density at radius 3 is 2.38 bits per heavy atom. The van der Waals surface area contributed by atoms with Gasteiger partial charge in [0.1, 0.15) is 5.01 Å². The molecule has 2 aromatic carbocycles. The Morgan fingerprint density at radius 1 is 1.08 bits per heavy atom. The molecule has 7 nitrogen and oxygen atoms in total. The largest absolute Gasteiger partial charge is 0.296 e. The van der Waals surface area contributed by atoms with E-state index in [0.717, 1.165) is 4.47 Å².